The third kappa shape index (κ3) is 2.42. The summed E-state index contributed by atoms with van der Waals surface area (Å²) in [7, 11) is 1.83. The van der Waals surface area contributed by atoms with Crippen LogP contribution in [0.2, 0.25) is 0 Å². The number of carbonyl (C=O) groups is 1. The molecule has 92 valence electrons. The van der Waals surface area contributed by atoms with E-state index in [4.69, 9.17) is 10.5 Å². The van der Waals surface area contributed by atoms with Crippen molar-refractivity contribution in [3.8, 4) is 0 Å². The molecular weight excluding hydrogens is 216 g/mol. The number of ether oxygens (including phenoxy) is 1. The highest BCUT2D eigenvalue weighted by molar-refractivity contribution is 5.95. The quantitative estimate of drug-likeness (QED) is 0.788. The van der Waals surface area contributed by atoms with E-state index < -0.39 is 0 Å². The number of aryl methyl sites for hydroxylation is 1. The second-order valence-electron chi connectivity index (χ2n) is 4.50. The van der Waals surface area contributed by atoms with Gasteiger partial charge in [0.1, 0.15) is 0 Å². The van der Waals surface area contributed by atoms with Crippen LogP contribution >= 0.6 is 0 Å². The molecule has 2 N–H and O–H groups in total. The second-order valence-corrected chi connectivity index (χ2v) is 4.50. The largest absolute Gasteiger partial charge is 0.399 e. The Morgan fingerprint density at radius 2 is 2.29 bits per heavy atom. The lowest BCUT2D eigenvalue weighted by Gasteiger charge is -2.23. The molecule has 1 aromatic rings. The first-order valence-electron chi connectivity index (χ1n) is 5.80. The number of hydrogen-bond donors (Lipinski definition) is 1. The Balaban J connectivity index is 2.15. The number of benzene rings is 1. The monoisotopic (exact) mass is 234 g/mol. The normalized spacial score (nSPS) is 19.3. The van der Waals surface area contributed by atoms with E-state index >= 15 is 0 Å². The van der Waals surface area contributed by atoms with Crippen molar-refractivity contribution in [1.82, 2.24) is 4.90 Å². The summed E-state index contributed by atoms with van der Waals surface area (Å²) in [6.45, 7) is 3.28. The average molecular weight is 234 g/mol. The second kappa shape index (κ2) is 4.75. The number of rotatable bonds is 2. The van der Waals surface area contributed by atoms with E-state index in [0.717, 1.165) is 18.6 Å². The van der Waals surface area contributed by atoms with Gasteiger partial charge in [-0.3, -0.25) is 4.79 Å². The van der Waals surface area contributed by atoms with Crippen molar-refractivity contribution in [3.05, 3.63) is 29.3 Å². The lowest BCUT2D eigenvalue weighted by Crippen LogP contribution is -2.37. The lowest BCUT2D eigenvalue weighted by molar-refractivity contribution is 0.0711. The van der Waals surface area contributed by atoms with Crippen molar-refractivity contribution < 1.29 is 9.53 Å². The number of nitrogens with zero attached hydrogens (tertiary/aromatic N) is 1. The molecule has 0 aliphatic carbocycles. The van der Waals surface area contributed by atoms with Crippen molar-refractivity contribution >= 4 is 11.6 Å². The molecule has 1 atom stereocenters. The molecule has 1 aromatic carbocycles. The number of amides is 1. The Labute approximate surface area is 101 Å². The molecule has 0 radical (unpaired) electrons. The molecule has 2 rings (SSSR count). The predicted molar refractivity (Wildman–Crippen MR) is 66.9 cm³/mol. The van der Waals surface area contributed by atoms with Gasteiger partial charge < -0.3 is 15.4 Å². The van der Waals surface area contributed by atoms with E-state index in [1.807, 2.05) is 20.0 Å². The highest BCUT2D eigenvalue weighted by atomic mass is 16.5. The molecule has 4 heteroatoms. The molecule has 0 saturated carbocycles. The minimum Gasteiger partial charge on any atom is -0.399 e. The summed E-state index contributed by atoms with van der Waals surface area (Å²) in [5.41, 5.74) is 8.08. The minimum absolute atomic E-state index is 0.0311. The van der Waals surface area contributed by atoms with Crippen molar-refractivity contribution in [2.45, 2.75) is 19.4 Å². The number of likely N-dealkylation sites (N-methyl/N-ethyl adjacent to an activating group) is 1. The van der Waals surface area contributed by atoms with Crippen LogP contribution in [0.25, 0.3) is 0 Å². The molecule has 1 unspecified atom stereocenters. The van der Waals surface area contributed by atoms with Crippen LogP contribution in [0.3, 0.4) is 0 Å². The topological polar surface area (TPSA) is 55.6 Å². The fourth-order valence-electron chi connectivity index (χ4n) is 2.01. The molecule has 0 bridgehead atoms. The number of nitrogen functional groups attached to an aromatic ring is 1. The van der Waals surface area contributed by atoms with Gasteiger partial charge in [0.15, 0.2) is 0 Å². The molecule has 17 heavy (non-hydrogen) atoms. The maximum atomic E-state index is 12.2. The Bertz CT molecular complexity index is 425. The summed E-state index contributed by atoms with van der Waals surface area (Å²) in [6.07, 6.45) is 0.913. The van der Waals surface area contributed by atoms with Crippen molar-refractivity contribution in [2.75, 3.05) is 26.0 Å². The fourth-order valence-corrected chi connectivity index (χ4v) is 2.01. The van der Waals surface area contributed by atoms with Gasteiger partial charge in [-0.1, -0.05) is 0 Å². The van der Waals surface area contributed by atoms with Crippen LogP contribution in [0, 0.1) is 6.92 Å². The number of nitrogens with two attached hydrogens (primary N) is 1. The third-order valence-corrected chi connectivity index (χ3v) is 3.29. The molecule has 4 nitrogen and oxygen atoms in total. The first-order valence-corrected chi connectivity index (χ1v) is 5.80. The smallest absolute Gasteiger partial charge is 0.253 e. The van der Waals surface area contributed by atoms with E-state index in [1.54, 1.807) is 17.0 Å². The SMILES string of the molecule is Cc1cc(C(=O)N(C)C2CCOC2)ccc1N. The highest BCUT2D eigenvalue weighted by Gasteiger charge is 2.24. The molecule has 1 heterocycles. The van der Waals surface area contributed by atoms with Crippen LogP contribution in [0.5, 0.6) is 0 Å². The average Bonchev–Trinajstić information content (AvgIpc) is 2.84. The fraction of sp³-hybridized carbons (Fsp3) is 0.462. The summed E-state index contributed by atoms with van der Waals surface area (Å²) >= 11 is 0. The van der Waals surface area contributed by atoms with Crippen LogP contribution in [-0.2, 0) is 4.74 Å². The first kappa shape index (κ1) is 11.9. The van der Waals surface area contributed by atoms with Crippen molar-refractivity contribution in [2.24, 2.45) is 0 Å². The Hall–Kier alpha value is -1.55. The van der Waals surface area contributed by atoms with Crippen molar-refractivity contribution in [3.63, 3.8) is 0 Å². The van der Waals surface area contributed by atoms with Gasteiger partial charge in [0.05, 0.1) is 12.6 Å². The van der Waals surface area contributed by atoms with Crippen LogP contribution in [0.15, 0.2) is 18.2 Å². The summed E-state index contributed by atoms with van der Waals surface area (Å²) < 4.78 is 5.29. The van der Waals surface area contributed by atoms with Gasteiger partial charge in [0, 0.05) is 24.9 Å². The highest BCUT2D eigenvalue weighted by Crippen LogP contribution is 2.17. The van der Waals surface area contributed by atoms with Crippen LogP contribution in [0.4, 0.5) is 5.69 Å². The van der Waals surface area contributed by atoms with Crippen LogP contribution < -0.4 is 5.73 Å². The molecule has 0 aromatic heterocycles. The predicted octanol–water partition coefficient (Wildman–Crippen LogP) is 1.44. The molecule has 1 aliphatic heterocycles. The van der Waals surface area contributed by atoms with Gasteiger partial charge in [0.25, 0.3) is 5.91 Å². The van der Waals surface area contributed by atoms with E-state index in [2.05, 4.69) is 0 Å². The van der Waals surface area contributed by atoms with Gasteiger partial charge in [-0.25, -0.2) is 0 Å². The van der Waals surface area contributed by atoms with Gasteiger partial charge >= 0.3 is 0 Å². The van der Waals surface area contributed by atoms with E-state index in [1.165, 1.54) is 0 Å². The standard InChI is InChI=1S/C13H18N2O2/c1-9-7-10(3-4-12(9)14)13(16)15(2)11-5-6-17-8-11/h3-4,7,11H,5-6,8,14H2,1-2H3. The Morgan fingerprint density at radius 1 is 1.53 bits per heavy atom. The first-order chi connectivity index (χ1) is 8.09. The number of anilines is 1. The molecule has 0 spiro atoms. The zero-order valence-electron chi connectivity index (χ0n) is 10.3. The Kier molecular flexibility index (Phi) is 3.33. The van der Waals surface area contributed by atoms with Gasteiger partial charge in [-0.15, -0.1) is 0 Å². The van der Waals surface area contributed by atoms with E-state index in [0.29, 0.717) is 17.9 Å². The molecule has 1 saturated heterocycles. The number of hydrogen-bond acceptors (Lipinski definition) is 3. The zero-order valence-corrected chi connectivity index (χ0v) is 10.3. The molecule has 1 aliphatic rings. The molecule has 1 amide bonds. The van der Waals surface area contributed by atoms with E-state index in [-0.39, 0.29) is 11.9 Å². The van der Waals surface area contributed by atoms with Gasteiger partial charge in [-0.2, -0.15) is 0 Å². The van der Waals surface area contributed by atoms with Gasteiger partial charge in [-0.05, 0) is 37.1 Å². The minimum atomic E-state index is 0.0311. The van der Waals surface area contributed by atoms with Crippen LogP contribution in [-0.4, -0.2) is 37.1 Å². The van der Waals surface area contributed by atoms with Crippen LogP contribution in [0.1, 0.15) is 22.3 Å². The third-order valence-electron chi connectivity index (χ3n) is 3.29. The maximum absolute atomic E-state index is 12.2. The zero-order chi connectivity index (χ0) is 12.4. The van der Waals surface area contributed by atoms with Crippen molar-refractivity contribution in [1.29, 1.82) is 0 Å². The summed E-state index contributed by atoms with van der Waals surface area (Å²) in [4.78, 5) is 14.0. The summed E-state index contributed by atoms with van der Waals surface area (Å²) in [6, 6.07) is 5.59. The lowest BCUT2D eigenvalue weighted by atomic mass is 10.1. The van der Waals surface area contributed by atoms with E-state index in [9.17, 15) is 4.79 Å². The summed E-state index contributed by atoms with van der Waals surface area (Å²) in [5.74, 6) is 0.0311. The molecular formula is C13H18N2O2. The number of carbonyl (C=O) groups excluding carboxylic acids is 1. The van der Waals surface area contributed by atoms with Gasteiger partial charge in [0.2, 0.25) is 0 Å². The molecule has 1 fully saturated rings. The Morgan fingerprint density at radius 3 is 2.88 bits per heavy atom. The maximum Gasteiger partial charge on any atom is 0.253 e. The summed E-state index contributed by atoms with van der Waals surface area (Å²) in [5, 5.41) is 0.